The average molecular weight is 309 g/mol. The first-order valence-corrected chi connectivity index (χ1v) is 7.26. The van der Waals surface area contributed by atoms with Crippen LogP contribution in [0.4, 0.5) is 0 Å². The summed E-state index contributed by atoms with van der Waals surface area (Å²) in [6.07, 6.45) is 1.93. The zero-order chi connectivity index (χ0) is 16.0. The summed E-state index contributed by atoms with van der Waals surface area (Å²) in [6.45, 7) is 8.64. The average Bonchev–Trinajstić information content (AvgIpc) is 2.36. The molecule has 0 aliphatic heterocycles. The van der Waals surface area contributed by atoms with E-state index in [9.17, 15) is 4.79 Å². The molecule has 114 valence electrons. The minimum absolute atomic E-state index is 0.249. The molecule has 0 heterocycles. The Morgan fingerprint density at radius 3 is 2.57 bits per heavy atom. The van der Waals surface area contributed by atoms with Crippen LogP contribution in [0.15, 0.2) is 30.0 Å². The molecular formula is C17H21ClO3. The van der Waals surface area contributed by atoms with E-state index in [4.69, 9.17) is 21.4 Å². The predicted octanol–water partition coefficient (Wildman–Crippen LogP) is 4.80. The molecular weight excluding hydrogens is 288 g/mol. The van der Waals surface area contributed by atoms with Gasteiger partial charge in [-0.2, -0.15) is 0 Å². The topological polar surface area (TPSA) is 46.5 Å². The molecule has 0 unspecified atom stereocenters. The largest absolute Gasteiger partial charge is 0.492 e. The molecule has 0 aliphatic rings. The lowest BCUT2D eigenvalue weighted by Crippen LogP contribution is -2.08. The van der Waals surface area contributed by atoms with Crippen LogP contribution in [-0.4, -0.2) is 17.7 Å². The van der Waals surface area contributed by atoms with Crippen molar-refractivity contribution in [3.05, 3.63) is 40.6 Å². The summed E-state index contributed by atoms with van der Waals surface area (Å²) in [5.41, 5.74) is 4.24. The molecule has 4 heteroatoms. The molecule has 0 bridgehead atoms. The zero-order valence-corrected chi connectivity index (χ0v) is 13.6. The van der Waals surface area contributed by atoms with Crippen LogP contribution in [0.1, 0.15) is 39.7 Å². The number of halogens is 1. The van der Waals surface area contributed by atoms with Crippen molar-refractivity contribution in [1.82, 2.24) is 0 Å². The molecule has 21 heavy (non-hydrogen) atoms. The highest BCUT2D eigenvalue weighted by Crippen LogP contribution is 2.36. The fraction of sp³-hybridized carbons (Fsp3) is 0.412. The zero-order valence-electron chi connectivity index (χ0n) is 12.9. The van der Waals surface area contributed by atoms with Crippen molar-refractivity contribution in [1.29, 1.82) is 0 Å². The second kappa shape index (κ2) is 7.35. The van der Waals surface area contributed by atoms with Gasteiger partial charge in [0, 0.05) is 5.57 Å². The number of aliphatic carboxylic acids is 1. The van der Waals surface area contributed by atoms with E-state index >= 15 is 0 Å². The first-order chi connectivity index (χ1) is 9.75. The molecule has 1 rings (SSSR count). The molecule has 0 radical (unpaired) electrons. The summed E-state index contributed by atoms with van der Waals surface area (Å²) >= 11 is 6.23. The molecule has 1 aromatic carbocycles. The Hall–Kier alpha value is -1.70. The highest BCUT2D eigenvalue weighted by atomic mass is 35.5. The molecule has 0 fully saturated rings. The van der Waals surface area contributed by atoms with Gasteiger partial charge in [0.25, 0.3) is 0 Å². The molecule has 0 saturated heterocycles. The summed E-state index contributed by atoms with van der Waals surface area (Å²) < 4.78 is 5.54. The standard InChI is InChI=1S/C17H21ClO3/c1-5-10-21-15-8-6-12(11-14(15)18)13(17(2,3)4)7-9-16(19)20/h6,8-9,11H,5,10H2,1-4H3,(H,19,20). The van der Waals surface area contributed by atoms with Crippen LogP contribution in [0.5, 0.6) is 5.75 Å². The monoisotopic (exact) mass is 308 g/mol. The third-order valence-corrected chi connectivity index (χ3v) is 3.07. The fourth-order valence-corrected chi connectivity index (χ4v) is 2.09. The van der Waals surface area contributed by atoms with Gasteiger partial charge in [-0.15, -0.1) is 5.73 Å². The summed E-state index contributed by atoms with van der Waals surface area (Å²) in [5, 5.41) is 9.31. The van der Waals surface area contributed by atoms with Crippen molar-refractivity contribution >= 4 is 23.1 Å². The Bertz CT molecular complexity index is 576. The predicted molar refractivity (Wildman–Crippen MR) is 85.8 cm³/mol. The van der Waals surface area contributed by atoms with Crippen LogP contribution >= 0.6 is 11.6 Å². The SMILES string of the molecule is CCCOc1ccc(C(=C=CC(=O)O)C(C)(C)C)cc1Cl. The van der Waals surface area contributed by atoms with Crippen molar-refractivity contribution in [2.75, 3.05) is 6.61 Å². The highest BCUT2D eigenvalue weighted by molar-refractivity contribution is 6.32. The summed E-state index contributed by atoms with van der Waals surface area (Å²) in [7, 11) is 0. The van der Waals surface area contributed by atoms with Crippen LogP contribution in [-0.2, 0) is 4.79 Å². The quantitative estimate of drug-likeness (QED) is 0.628. The van der Waals surface area contributed by atoms with Crippen LogP contribution in [0.2, 0.25) is 5.02 Å². The van der Waals surface area contributed by atoms with Crippen molar-refractivity contribution in [3.63, 3.8) is 0 Å². The molecule has 0 aromatic heterocycles. The lowest BCUT2D eigenvalue weighted by molar-refractivity contribution is -0.131. The van der Waals surface area contributed by atoms with E-state index in [1.165, 1.54) is 0 Å². The number of benzene rings is 1. The maximum Gasteiger partial charge on any atom is 0.336 e. The Balaban J connectivity index is 3.25. The third kappa shape index (κ3) is 5.30. The molecule has 0 saturated carbocycles. The number of carboxylic acids is 1. The fourth-order valence-electron chi connectivity index (χ4n) is 1.85. The molecule has 1 N–H and O–H groups in total. The van der Waals surface area contributed by atoms with Crippen LogP contribution in [0.3, 0.4) is 0 Å². The summed E-state index contributed by atoms with van der Waals surface area (Å²) in [5.74, 6) is -0.386. The molecule has 0 atom stereocenters. The normalized spacial score (nSPS) is 10.7. The van der Waals surface area contributed by atoms with E-state index in [1.54, 1.807) is 6.07 Å². The Kier molecular flexibility index (Phi) is 6.07. The van der Waals surface area contributed by atoms with Gasteiger partial charge < -0.3 is 9.84 Å². The van der Waals surface area contributed by atoms with Gasteiger partial charge >= 0.3 is 5.97 Å². The Morgan fingerprint density at radius 2 is 2.10 bits per heavy atom. The van der Waals surface area contributed by atoms with Gasteiger partial charge in [0.2, 0.25) is 0 Å². The van der Waals surface area contributed by atoms with Crippen LogP contribution < -0.4 is 4.74 Å². The lowest BCUT2D eigenvalue weighted by atomic mass is 9.82. The van der Waals surface area contributed by atoms with Crippen LogP contribution in [0.25, 0.3) is 5.57 Å². The molecule has 1 aromatic rings. The minimum atomic E-state index is -1.02. The van der Waals surface area contributed by atoms with Gasteiger partial charge in [0.05, 0.1) is 17.7 Å². The Morgan fingerprint density at radius 1 is 1.43 bits per heavy atom. The van der Waals surface area contributed by atoms with Gasteiger partial charge in [-0.25, -0.2) is 4.79 Å². The molecule has 3 nitrogen and oxygen atoms in total. The van der Waals surface area contributed by atoms with Gasteiger partial charge in [-0.1, -0.05) is 45.4 Å². The second-order valence-corrected chi connectivity index (χ2v) is 6.15. The number of rotatable bonds is 5. The maximum absolute atomic E-state index is 10.7. The minimum Gasteiger partial charge on any atom is -0.492 e. The van der Waals surface area contributed by atoms with E-state index in [-0.39, 0.29) is 5.41 Å². The number of carboxylic acid groups (broad SMARTS) is 1. The third-order valence-electron chi connectivity index (χ3n) is 2.77. The Labute approximate surface area is 130 Å². The van der Waals surface area contributed by atoms with E-state index < -0.39 is 5.97 Å². The van der Waals surface area contributed by atoms with E-state index in [2.05, 4.69) is 5.73 Å². The first kappa shape index (κ1) is 17.4. The number of ether oxygens (including phenoxy) is 1. The van der Waals surface area contributed by atoms with Crippen molar-refractivity contribution < 1.29 is 14.6 Å². The van der Waals surface area contributed by atoms with E-state index in [1.807, 2.05) is 39.8 Å². The van der Waals surface area contributed by atoms with Gasteiger partial charge in [-0.05, 0) is 29.5 Å². The molecule has 0 aliphatic carbocycles. The highest BCUT2D eigenvalue weighted by Gasteiger charge is 2.19. The van der Waals surface area contributed by atoms with E-state index in [0.29, 0.717) is 17.4 Å². The van der Waals surface area contributed by atoms with E-state index in [0.717, 1.165) is 23.6 Å². The summed E-state index contributed by atoms with van der Waals surface area (Å²) in [4.78, 5) is 10.7. The molecule has 0 amide bonds. The van der Waals surface area contributed by atoms with Crippen LogP contribution in [0, 0.1) is 5.41 Å². The number of hydrogen-bond acceptors (Lipinski definition) is 2. The summed E-state index contributed by atoms with van der Waals surface area (Å²) in [6, 6.07) is 5.47. The second-order valence-electron chi connectivity index (χ2n) is 5.75. The molecule has 0 spiro atoms. The van der Waals surface area contributed by atoms with Crippen molar-refractivity contribution in [2.24, 2.45) is 5.41 Å². The number of carbonyl (C=O) groups is 1. The smallest absolute Gasteiger partial charge is 0.336 e. The first-order valence-electron chi connectivity index (χ1n) is 6.88. The van der Waals surface area contributed by atoms with Gasteiger partial charge in [0.1, 0.15) is 5.75 Å². The maximum atomic E-state index is 10.7. The van der Waals surface area contributed by atoms with Crippen molar-refractivity contribution in [2.45, 2.75) is 34.1 Å². The number of hydrogen-bond donors (Lipinski definition) is 1. The van der Waals surface area contributed by atoms with Crippen molar-refractivity contribution in [3.8, 4) is 5.75 Å². The van der Waals surface area contributed by atoms with Gasteiger partial charge in [-0.3, -0.25) is 0 Å². The lowest BCUT2D eigenvalue weighted by Gasteiger charge is -2.22. The van der Waals surface area contributed by atoms with Gasteiger partial charge in [0.15, 0.2) is 0 Å².